The molecule has 0 aliphatic rings. The molecule has 0 aliphatic heterocycles. The summed E-state index contributed by atoms with van der Waals surface area (Å²) >= 11 is 0. The quantitative estimate of drug-likeness (QED) is 0.801. The molecule has 1 aromatic carbocycles. The summed E-state index contributed by atoms with van der Waals surface area (Å²) in [5, 5.41) is 7.13. The third-order valence-electron chi connectivity index (χ3n) is 3.18. The van der Waals surface area contributed by atoms with E-state index in [1.165, 1.54) is 0 Å². The van der Waals surface area contributed by atoms with Crippen LogP contribution in [0.5, 0.6) is 0 Å². The van der Waals surface area contributed by atoms with E-state index in [1.807, 2.05) is 37.4 Å². The lowest BCUT2D eigenvalue weighted by atomic mass is 10.1. The van der Waals surface area contributed by atoms with Crippen LogP contribution in [0.2, 0.25) is 0 Å². The average Bonchev–Trinajstić information content (AvgIpc) is 2.89. The molecule has 3 rings (SSSR count). The van der Waals surface area contributed by atoms with Gasteiger partial charge in [0.05, 0.1) is 17.6 Å². The first-order valence-electron chi connectivity index (χ1n) is 6.54. The van der Waals surface area contributed by atoms with E-state index in [4.69, 9.17) is 0 Å². The van der Waals surface area contributed by atoms with E-state index in [9.17, 15) is 4.79 Å². The van der Waals surface area contributed by atoms with Crippen molar-refractivity contribution in [2.45, 2.75) is 0 Å². The molecular formula is C16H14N4O. The summed E-state index contributed by atoms with van der Waals surface area (Å²) < 4.78 is 1.75. The summed E-state index contributed by atoms with van der Waals surface area (Å²) in [6.07, 6.45) is 4.84. The minimum Gasteiger partial charge on any atom is -0.319 e. The van der Waals surface area contributed by atoms with Crippen LogP contribution in [0, 0.1) is 0 Å². The zero-order valence-corrected chi connectivity index (χ0v) is 11.5. The number of hydrogen-bond donors (Lipinski definition) is 1. The predicted molar refractivity (Wildman–Crippen MR) is 80.8 cm³/mol. The molecule has 0 unspecified atom stereocenters. The van der Waals surface area contributed by atoms with Crippen molar-refractivity contribution in [1.82, 2.24) is 14.8 Å². The molecule has 0 saturated carbocycles. The molecule has 0 aliphatic carbocycles. The van der Waals surface area contributed by atoms with Gasteiger partial charge in [0.15, 0.2) is 0 Å². The fraction of sp³-hybridized carbons (Fsp3) is 0.0625. The molecule has 0 radical (unpaired) electrons. The Hall–Kier alpha value is -2.95. The van der Waals surface area contributed by atoms with Crippen LogP contribution >= 0.6 is 0 Å². The molecule has 5 nitrogen and oxygen atoms in total. The molecule has 21 heavy (non-hydrogen) atoms. The van der Waals surface area contributed by atoms with E-state index >= 15 is 0 Å². The molecular weight excluding hydrogens is 264 g/mol. The van der Waals surface area contributed by atoms with Gasteiger partial charge in [0.2, 0.25) is 0 Å². The summed E-state index contributed by atoms with van der Waals surface area (Å²) in [6, 6.07) is 13.2. The van der Waals surface area contributed by atoms with E-state index in [0.29, 0.717) is 11.3 Å². The number of benzene rings is 1. The fourth-order valence-electron chi connectivity index (χ4n) is 2.17. The van der Waals surface area contributed by atoms with E-state index in [2.05, 4.69) is 15.4 Å². The number of rotatable bonds is 3. The van der Waals surface area contributed by atoms with Crippen LogP contribution in [-0.4, -0.2) is 20.7 Å². The van der Waals surface area contributed by atoms with Gasteiger partial charge in [-0.1, -0.05) is 30.3 Å². The van der Waals surface area contributed by atoms with Crippen LogP contribution in [0.3, 0.4) is 0 Å². The summed E-state index contributed by atoms with van der Waals surface area (Å²) in [5.41, 5.74) is 3.12. The summed E-state index contributed by atoms with van der Waals surface area (Å²) in [7, 11) is 1.85. The normalized spacial score (nSPS) is 10.3. The van der Waals surface area contributed by atoms with Crippen molar-refractivity contribution < 1.29 is 4.79 Å². The number of amides is 1. The molecule has 1 amide bonds. The van der Waals surface area contributed by atoms with Gasteiger partial charge >= 0.3 is 0 Å². The topological polar surface area (TPSA) is 59.8 Å². The number of aromatic nitrogens is 3. The second-order valence-electron chi connectivity index (χ2n) is 4.59. The zero-order chi connectivity index (χ0) is 14.7. The Morgan fingerprint density at radius 2 is 1.81 bits per heavy atom. The van der Waals surface area contributed by atoms with Crippen LogP contribution < -0.4 is 5.32 Å². The molecule has 3 aromatic rings. The number of aryl methyl sites for hydroxylation is 1. The van der Waals surface area contributed by atoms with Crippen molar-refractivity contribution in [3.8, 4) is 11.3 Å². The lowest BCUT2D eigenvalue weighted by Crippen LogP contribution is -2.12. The SMILES string of the molecule is Cn1ncc(NC(=O)c2ccncc2)c1-c1ccccc1. The van der Waals surface area contributed by atoms with Crippen LogP contribution in [0.4, 0.5) is 5.69 Å². The van der Waals surface area contributed by atoms with Gasteiger partial charge < -0.3 is 5.32 Å². The first kappa shape index (κ1) is 13.1. The number of nitrogens with one attached hydrogen (secondary N) is 1. The smallest absolute Gasteiger partial charge is 0.255 e. The number of nitrogens with zero attached hydrogens (tertiary/aromatic N) is 3. The second kappa shape index (κ2) is 5.58. The van der Waals surface area contributed by atoms with Crippen molar-refractivity contribution in [2.75, 3.05) is 5.32 Å². The van der Waals surface area contributed by atoms with E-state index in [-0.39, 0.29) is 5.91 Å². The molecule has 104 valence electrons. The number of carbonyl (C=O) groups excluding carboxylic acids is 1. The Bertz CT molecular complexity index is 750. The molecule has 0 spiro atoms. The second-order valence-corrected chi connectivity index (χ2v) is 4.59. The monoisotopic (exact) mass is 278 g/mol. The minimum atomic E-state index is -0.178. The van der Waals surface area contributed by atoms with Gasteiger partial charge in [-0.2, -0.15) is 5.10 Å². The van der Waals surface area contributed by atoms with Crippen LogP contribution in [0.15, 0.2) is 61.1 Å². The molecule has 2 heterocycles. The summed E-state index contributed by atoms with van der Waals surface area (Å²) in [5.74, 6) is -0.178. The third kappa shape index (κ3) is 2.67. The van der Waals surface area contributed by atoms with Gasteiger partial charge in [0.25, 0.3) is 5.91 Å². The molecule has 0 bridgehead atoms. The lowest BCUT2D eigenvalue weighted by molar-refractivity contribution is 0.102. The van der Waals surface area contributed by atoms with Gasteiger partial charge in [-0.3, -0.25) is 14.5 Å². The highest BCUT2D eigenvalue weighted by Crippen LogP contribution is 2.27. The zero-order valence-electron chi connectivity index (χ0n) is 11.5. The highest BCUT2D eigenvalue weighted by molar-refractivity contribution is 6.05. The van der Waals surface area contributed by atoms with Crippen LogP contribution in [0.25, 0.3) is 11.3 Å². The number of pyridine rings is 1. The van der Waals surface area contributed by atoms with Gasteiger partial charge in [0.1, 0.15) is 0 Å². The largest absolute Gasteiger partial charge is 0.319 e. The Kier molecular flexibility index (Phi) is 3.47. The molecule has 1 N–H and O–H groups in total. The minimum absolute atomic E-state index is 0.178. The summed E-state index contributed by atoms with van der Waals surface area (Å²) in [4.78, 5) is 16.1. The highest BCUT2D eigenvalue weighted by atomic mass is 16.1. The number of hydrogen-bond acceptors (Lipinski definition) is 3. The number of carbonyl (C=O) groups is 1. The maximum atomic E-state index is 12.2. The van der Waals surface area contributed by atoms with E-state index < -0.39 is 0 Å². The Balaban J connectivity index is 1.93. The maximum absolute atomic E-state index is 12.2. The van der Waals surface area contributed by atoms with Gasteiger partial charge in [0, 0.05) is 30.6 Å². The molecule has 0 atom stereocenters. The molecule has 5 heteroatoms. The Morgan fingerprint density at radius 1 is 1.10 bits per heavy atom. The molecule has 0 saturated heterocycles. The van der Waals surface area contributed by atoms with Gasteiger partial charge in [-0.15, -0.1) is 0 Å². The summed E-state index contributed by atoms with van der Waals surface area (Å²) in [6.45, 7) is 0. The van der Waals surface area contributed by atoms with Crippen LogP contribution in [0.1, 0.15) is 10.4 Å². The first-order chi connectivity index (χ1) is 10.3. The van der Waals surface area contributed by atoms with Crippen molar-refractivity contribution in [2.24, 2.45) is 7.05 Å². The molecule has 0 fully saturated rings. The van der Waals surface area contributed by atoms with E-state index in [0.717, 1.165) is 11.3 Å². The van der Waals surface area contributed by atoms with Gasteiger partial charge in [-0.05, 0) is 12.1 Å². The highest BCUT2D eigenvalue weighted by Gasteiger charge is 2.14. The van der Waals surface area contributed by atoms with E-state index in [1.54, 1.807) is 35.4 Å². The van der Waals surface area contributed by atoms with Crippen molar-refractivity contribution in [1.29, 1.82) is 0 Å². The maximum Gasteiger partial charge on any atom is 0.255 e. The van der Waals surface area contributed by atoms with Crippen molar-refractivity contribution in [3.05, 3.63) is 66.6 Å². The van der Waals surface area contributed by atoms with Crippen molar-refractivity contribution in [3.63, 3.8) is 0 Å². The first-order valence-corrected chi connectivity index (χ1v) is 6.54. The fourth-order valence-corrected chi connectivity index (χ4v) is 2.17. The van der Waals surface area contributed by atoms with Crippen molar-refractivity contribution >= 4 is 11.6 Å². The standard InChI is InChI=1S/C16H14N4O/c1-20-15(12-5-3-2-4-6-12)14(11-18-20)19-16(21)13-7-9-17-10-8-13/h2-11H,1H3,(H,19,21). The van der Waals surface area contributed by atoms with Gasteiger partial charge in [-0.25, -0.2) is 0 Å². The predicted octanol–water partition coefficient (Wildman–Crippen LogP) is 2.73. The Labute approximate surface area is 122 Å². The Morgan fingerprint density at radius 3 is 2.52 bits per heavy atom. The molecule has 2 aromatic heterocycles. The van der Waals surface area contributed by atoms with Crippen LogP contribution in [-0.2, 0) is 7.05 Å². The third-order valence-corrected chi connectivity index (χ3v) is 3.18. The lowest BCUT2D eigenvalue weighted by Gasteiger charge is -2.08. The average molecular weight is 278 g/mol. The number of anilines is 1.